The maximum atomic E-state index is 11.5. The summed E-state index contributed by atoms with van der Waals surface area (Å²) in [6.07, 6.45) is -2.94. The van der Waals surface area contributed by atoms with E-state index in [9.17, 15) is 4.79 Å². The summed E-state index contributed by atoms with van der Waals surface area (Å²) in [6, 6.07) is -3.71. The predicted molar refractivity (Wildman–Crippen MR) is 82.5 cm³/mol. The second kappa shape index (κ2) is 5.77. The van der Waals surface area contributed by atoms with Crippen molar-refractivity contribution in [1.29, 1.82) is 0 Å². The molecule has 1 saturated heterocycles. The Bertz CT molecular complexity index is 1080. The quantitative estimate of drug-likeness (QED) is 0.887. The third-order valence-electron chi connectivity index (χ3n) is 2.87. The number of nitrogens with one attached hydrogen (secondary N) is 2. The Hall–Kier alpha value is -2.01. The monoisotopic (exact) mass is 298 g/mol. The van der Waals surface area contributed by atoms with Crippen molar-refractivity contribution >= 4 is 17.0 Å². The van der Waals surface area contributed by atoms with Gasteiger partial charge in [0.1, 0.15) is 6.56 Å². The number of aromatic nitrogens is 1. The Labute approximate surface area is 139 Å². The van der Waals surface area contributed by atoms with Gasteiger partial charge < -0.3 is 19.9 Å². The average molecular weight is 298 g/mol. The first kappa shape index (κ1) is 6.01. The van der Waals surface area contributed by atoms with Gasteiger partial charge >= 0.3 is 6.09 Å². The fraction of sp³-hybridized carbons (Fsp3) is 0.438. The summed E-state index contributed by atoms with van der Waals surface area (Å²) >= 11 is 0. The summed E-state index contributed by atoms with van der Waals surface area (Å²) in [7, 11) is 1.22. The van der Waals surface area contributed by atoms with Crippen LogP contribution in [-0.2, 0) is 17.5 Å². The Morgan fingerprint density at radius 1 is 1.71 bits per heavy atom. The molecule has 0 aliphatic carbocycles. The Morgan fingerprint density at radius 3 is 3.38 bits per heavy atom. The number of ether oxygens (including phenoxy) is 1. The van der Waals surface area contributed by atoms with Crippen LogP contribution in [0.25, 0.3) is 10.9 Å². The number of carbonyl (C=O) groups excluding carboxylic acids is 1. The summed E-state index contributed by atoms with van der Waals surface area (Å²) in [6.45, 7) is -5.90. The molecular weight excluding hydrogens is 266 g/mol. The Morgan fingerprint density at radius 2 is 2.62 bits per heavy atom. The van der Waals surface area contributed by atoms with Gasteiger partial charge in [0.15, 0.2) is 0 Å². The van der Waals surface area contributed by atoms with Crippen LogP contribution >= 0.6 is 0 Å². The molecule has 1 aromatic heterocycles. The molecule has 1 atom stereocenters. The fourth-order valence-electron chi connectivity index (χ4n) is 1.94. The van der Waals surface area contributed by atoms with E-state index in [1.807, 2.05) is 5.32 Å². The maximum absolute atomic E-state index is 11.5. The molecule has 1 aliphatic heterocycles. The number of alkyl carbamates (subject to hydrolysis) is 1. The van der Waals surface area contributed by atoms with E-state index in [1.54, 1.807) is 0 Å². The largest absolute Gasteiger partial charge is 0.447 e. The number of rotatable bonds is 5. The molecule has 5 heteroatoms. The van der Waals surface area contributed by atoms with Gasteiger partial charge in [-0.3, -0.25) is 0 Å². The normalized spacial score (nSPS) is 33.0. The minimum Gasteiger partial charge on any atom is -0.447 e. The molecule has 1 fully saturated rings. The molecule has 5 nitrogen and oxygen atoms in total. The molecule has 0 spiro atoms. The van der Waals surface area contributed by atoms with E-state index in [-0.39, 0.29) is 22.0 Å². The van der Waals surface area contributed by atoms with Crippen LogP contribution in [0.1, 0.15) is 26.2 Å². The number of hydrogen-bond donors (Lipinski definition) is 2. The Kier molecular flexibility index (Phi) is 1.65. The number of cyclic esters (lactones) is 1. The smallest absolute Gasteiger partial charge is 0.407 e. The van der Waals surface area contributed by atoms with Crippen molar-refractivity contribution in [3.63, 3.8) is 0 Å². The second-order valence-electron chi connectivity index (χ2n) is 4.61. The first-order chi connectivity index (χ1) is 14.4. The van der Waals surface area contributed by atoms with Gasteiger partial charge in [0.05, 0.1) is 14.2 Å². The number of nitrogens with zero attached hydrogens (tertiary/aromatic N) is 1. The molecular formula is C16H21N3O2. The molecule has 1 aliphatic rings. The van der Waals surface area contributed by atoms with E-state index in [4.69, 9.17) is 15.1 Å². The zero-order valence-electron chi connectivity index (χ0n) is 22.3. The summed E-state index contributed by atoms with van der Waals surface area (Å²) < 4.78 is 92.6. The fourth-order valence-corrected chi connectivity index (χ4v) is 1.94. The van der Waals surface area contributed by atoms with Crippen LogP contribution in [0.2, 0.25) is 0 Å². The van der Waals surface area contributed by atoms with E-state index in [2.05, 4.69) is 9.72 Å². The van der Waals surface area contributed by atoms with E-state index in [1.165, 1.54) is 13.2 Å². The van der Waals surface area contributed by atoms with Crippen LogP contribution in [0.5, 0.6) is 0 Å². The van der Waals surface area contributed by atoms with Gasteiger partial charge in [-0.15, -0.1) is 0 Å². The molecule has 0 saturated carbocycles. The number of H-pyrrole nitrogens is 1. The predicted octanol–water partition coefficient (Wildman–Crippen LogP) is 1.92. The number of amides is 1. The number of likely N-dealkylation sites (N-methyl/N-ethyl adjacent to an activating group) is 1. The summed E-state index contributed by atoms with van der Waals surface area (Å²) in [5, 5.41) is 1.94. The molecule has 0 unspecified atom stereocenters. The SMILES string of the molecule is [2H]c1c(C[C@]2([2H])NC(=O)OC2([2H])[2H])c([2H])c2c(C([2H])([2H])CN(C)C([2H])([2H])[2H])c[nH]c2c1[2H]. The molecule has 0 radical (unpaired) electrons. The van der Waals surface area contributed by atoms with Crippen LogP contribution in [0.4, 0.5) is 4.79 Å². The highest BCUT2D eigenvalue weighted by Gasteiger charge is 2.22. The lowest BCUT2D eigenvalue weighted by molar-refractivity contribution is 0.177. The van der Waals surface area contributed by atoms with Crippen molar-refractivity contribution < 1.29 is 24.6 Å². The van der Waals surface area contributed by atoms with Crippen LogP contribution < -0.4 is 5.32 Å². The lowest BCUT2D eigenvalue weighted by Gasteiger charge is -2.09. The van der Waals surface area contributed by atoms with Crippen molar-refractivity contribution in [2.45, 2.75) is 18.8 Å². The van der Waals surface area contributed by atoms with Gasteiger partial charge in [-0.1, -0.05) is 6.04 Å². The minimum absolute atomic E-state index is 0.0205. The molecule has 1 amide bonds. The van der Waals surface area contributed by atoms with Gasteiger partial charge in [-0.25, -0.2) is 4.79 Å². The molecule has 2 N–H and O–H groups in total. The van der Waals surface area contributed by atoms with Gasteiger partial charge in [0.2, 0.25) is 0 Å². The van der Waals surface area contributed by atoms with E-state index in [0.717, 1.165) is 4.90 Å². The third kappa shape index (κ3) is 3.19. The van der Waals surface area contributed by atoms with Crippen LogP contribution in [-0.4, -0.2) is 49.1 Å². The highest BCUT2D eigenvalue weighted by molar-refractivity contribution is 5.84. The summed E-state index contributed by atoms with van der Waals surface area (Å²) in [5.41, 5.74) is -0.391. The summed E-state index contributed by atoms with van der Waals surface area (Å²) in [4.78, 5) is 15.0. The number of aromatic amines is 1. The van der Waals surface area contributed by atoms with Crippen molar-refractivity contribution in [1.82, 2.24) is 15.2 Å². The van der Waals surface area contributed by atoms with Crippen LogP contribution in [0.3, 0.4) is 0 Å². The lowest BCUT2D eigenvalue weighted by atomic mass is 10.0. The van der Waals surface area contributed by atoms with Crippen molar-refractivity contribution in [2.24, 2.45) is 0 Å². The summed E-state index contributed by atoms with van der Waals surface area (Å²) in [5.74, 6) is 0. The topological polar surface area (TPSA) is 57.4 Å². The van der Waals surface area contributed by atoms with E-state index in [0.29, 0.717) is 0 Å². The van der Waals surface area contributed by atoms with E-state index < -0.39 is 63.1 Å². The average Bonchev–Trinajstić information content (AvgIpc) is 3.15. The lowest BCUT2D eigenvalue weighted by Crippen LogP contribution is -2.28. The molecule has 21 heavy (non-hydrogen) atoms. The molecule has 112 valence electrons. The number of benzene rings is 1. The van der Waals surface area contributed by atoms with Gasteiger partial charge in [0, 0.05) is 30.5 Å². The van der Waals surface area contributed by atoms with E-state index >= 15 is 0 Å². The molecule has 1 aromatic carbocycles. The van der Waals surface area contributed by atoms with Crippen molar-refractivity contribution in [3.8, 4) is 0 Å². The van der Waals surface area contributed by atoms with Crippen molar-refractivity contribution in [3.05, 3.63) is 35.5 Å². The first-order valence-electron chi connectivity index (χ1n) is 11.7. The maximum Gasteiger partial charge on any atom is 0.407 e. The van der Waals surface area contributed by atoms with Gasteiger partial charge in [0.25, 0.3) is 0 Å². The number of carbonyl (C=O) groups is 1. The van der Waals surface area contributed by atoms with Crippen molar-refractivity contribution in [2.75, 3.05) is 27.1 Å². The standard InChI is InChI=1S/C16H21N3O2/c1-19(2)6-5-12-9-17-15-4-3-11(8-14(12)15)7-13-10-21-16(20)18-13/h3-4,8-9,13,17H,5-7,10H2,1-2H3,(H,18,20)/t13-/m0/s1/i1D3,3D,4D,5D2,8D,10D2,13D. The van der Waals surface area contributed by atoms with Gasteiger partial charge in [-0.05, 0) is 50.0 Å². The molecule has 2 heterocycles. The molecule has 2 aromatic rings. The van der Waals surface area contributed by atoms with Gasteiger partial charge in [-0.2, -0.15) is 0 Å². The zero-order chi connectivity index (χ0) is 24.4. The highest BCUT2D eigenvalue weighted by Crippen LogP contribution is 2.21. The third-order valence-corrected chi connectivity index (χ3v) is 2.87. The minimum atomic E-state index is -2.78. The van der Waals surface area contributed by atoms with Crippen LogP contribution in [0.15, 0.2) is 24.3 Å². The number of fused-ring (bicyclic) bond motifs is 1. The second-order valence-corrected chi connectivity index (χ2v) is 4.61. The molecule has 0 bridgehead atoms. The first-order valence-corrected chi connectivity index (χ1v) is 6.24. The molecule has 3 rings (SSSR count). The zero-order valence-corrected chi connectivity index (χ0v) is 11.3. The number of hydrogen-bond acceptors (Lipinski definition) is 3. The Balaban J connectivity index is 2.15. The van der Waals surface area contributed by atoms with Crippen LogP contribution in [0, 0.1) is 0 Å². The highest BCUT2D eigenvalue weighted by atomic mass is 16.6.